The molecule has 1 heterocycles. The third-order valence-electron chi connectivity index (χ3n) is 4.31. The molecule has 0 aromatic heterocycles. The summed E-state index contributed by atoms with van der Waals surface area (Å²) in [6, 6.07) is 9.13. The third-order valence-corrected chi connectivity index (χ3v) is 4.31. The van der Waals surface area contributed by atoms with Gasteiger partial charge < -0.3 is 10.1 Å². The van der Waals surface area contributed by atoms with Crippen molar-refractivity contribution in [2.75, 3.05) is 27.2 Å². The topological polar surface area (TPSA) is 24.5 Å². The number of hydrogen-bond acceptors (Lipinski definition) is 3. The summed E-state index contributed by atoms with van der Waals surface area (Å²) in [7, 11) is 4.02. The van der Waals surface area contributed by atoms with Gasteiger partial charge in [-0.25, -0.2) is 0 Å². The van der Waals surface area contributed by atoms with Crippen LogP contribution < -0.4 is 10.1 Å². The lowest BCUT2D eigenvalue weighted by Crippen LogP contribution is -2.58. The second kappa shape index (κ2) is 4.00. The molecule has 92 valence electrons. The zero-order chi connectivity index (χ0) is 11.9. The molecule has 1 saturated heterocycles. The number of methoxy groups -OCH3 is 1. The quantitative estimate of drug-likeness (QED) is 0.853. The number of para-hydroxylation sites is 1. The molecule has 17 heavy (non-hydrogen) atoms. The molecule has 1 saturated carbocycles. The Kier molecular flexibility index (Phi) is 2.60. The first-order chi connectivity index (χ1) is 8.28. The van der Waals surface area contributed by atoms with E-state index in [-0.39, 0.29) is 5.54 Å². The first-order valence-corrected chi connectivity index (χ1v) is 6.35. The summed E-state index contributed by atoms with van der Waals surface area (Å²) >= 11 is 0. The molecule has 0 amide bonds. The van der Waals surface area contributed by atoms with E-state index in [9.17, 15) is 0 Å². The van der Waals surface area contributed by atoms with E-state index in [0.717, 1.165) is 18.8 Å². The Hall–Kier alpha value is -1.06. The van der Waals surface area contributed by atoms with Crippen LogP contribution in [0.3, 0.4) is 0 Å². The molecule has 2 aliphatic rings. The monoisotopic (exact) mass is 232 g/mol. The van der Waals surface area contributed by atoms with Crippen LogP contribution in [-0.2, 0) is 5.54 Å². The highest BCUT2D eigenvalue weighted by Gasteiger charge is 2.52. The standard InChI is InChI=1S/C14H20N2O/c1-16(11-9-15-10-11)14(7-8-14)12-5-3-4-6-13(12)17-2/h3-6,11,15H,7-10H2,1-2H3. The molecule has 0 bridgehead atoms. The van der Waals surface area contributed by atoms with Gasteiger partial charge in [0.25, 0.3) is 0 Å². The largest absolute Gasteiger partial charge is 0.496 e. The molecule has 0 atom stereocenters. The van der Waals surface area contributed by atoms with E-state index in [2.05, 4.69) is 35.5 Å². The summed E-state index contributed by atoms with van der Waals surface area (Å²) in [5.74, 6) is 1.03. The maximum Gasteiger partial charge on any atom is 0.123 e. The van der Waals surface area contributed by atoms with Crippen LogP contribution in [-0.4, -0.2) is 38.2 Å². The minimum atomic E-state index is 0.235. The molecule has 3 nitrogen and oxygen atoms in total. The van der Waals surface area contributed by atoms with Crippen LogP contribution in [0.15, 0.2) is 24.3 Å². The molecule has 2 fully saturated rings. The predicted molar refractivity (Wildman–Crippen MR) is 68.3 cm³/mol. The Morgan fingerprint density at radius 1 is 1.29 bits per heavy atom. The van der Waals surface area contributed by atoms with E-state index in [1.807, 2.05) is 6.07 Å². The van der Waals surface area contributed by atoms with Crippen molar-refractivity contribution in [1.29, 1.82) is 0 Å². The lowest BCUT2D eigenvalue weighted by Gasteiger charge is -2.41. The van der Waals surface area contributed by atoms with Crippen LogP contribution in [0.25, 0.3) is 0 Å². The second-order valence-corrected chi connectivity index (χ2v) is 5.15. The molecule has 0 unspecified atom stereocenters. The van der Waals surface area contributed by atoms with Gasteiger partial charge >= 0.3 is 0 Å². The van der Waals surface area contributed by atoms with E-state index in [1.165, 1.54) is 18.4 Å². The molecule has 1 aromatic carbocycles. The highest BCUT2D eigenvalue weighted by molar-refractivity contribution is 5.42. The zero-order valence-corrected chi connectivity index (χ0v) is 10.6. The van der Waals surface area contributed by atoms with Crippen molar-refractivity contribution in [2.45, 2.75) is 24.4 Å². The Morgan fingerprint density at radius 2 is 2.00 bits per heavy atom. The van der Waals surface area contributed by atoms with Gasteiger partial charge in [0, 0.05) is 30.2 Å². The van der Waals surface area contributed by atoms with Crippen LogP contribution in [0.1, 0.15) is 18.4 Å². The SMILES string of the molecule is COc1ccccc1C1(N(C)C2CNC2)CC1. The fourth-order valence-corrected chi connectivity index (χ4v) is 2.86. The summed E-state index contributed by atoms with van der Waals surface area (Å²) in [5.41, 5.74) is 1.59. The average molecular weight is 232 g/mol. The third kappa shape index (κ3) is 1.65. The first kappa shape index (κ1) is 11.1. The van der Waals surface area contributed by atoms with Crippen LogP contribution in [0.4, 0.5) is 0 Å². The predicted octanol–water partition coefficient (Wildman–Crippen LogP) is 1.59. The van der Waals surface area contributed by atoms with Gasteiger partial charge in [-0.05, 0) is 26.0 Å². The molecule has 1 aliphatic heterocycles. The number of rotatable bonds is 4. The molecule has 1 aromatic rings. The van der Waals surface area contributed by atoms with Gasteiger partial charge in [-0.3, -0.25) is 4.90 Å². The van der Waals surface area contributed by atoms with Gasteiger partial charge in [0.1, 0.15) is 5.75 Å². The van der Waals surface area contributed by atoms with Crippen molar-refractivity contribution in [3.63, 3.8) is 0 Å². The fraction of sp³-hybridized carbons (Fsp3) is 0.571. The molecule has 0 radical (unpaired) electrons. The first-order valence-electron chi connectivity index (χ1n) is 6.35. The van der Waals surface area contributed by atoms with Crippen molar-refractivity contribution in [3.05, 3.63) is 29.8 Å². The number of nitrogens with zero attached hydrogens (tertiary/aromatic N) is 1. The lowest BCUT2D eigenvalue weighted by molar-refractivity contribution is 0.109. The van der Waals surface area contributed by atoms with Gasteiger partial charge in [-0.1, -0.05) is 18.2 Å². The molecule has 3 rings (SSSR count). The number of likely N-dealkylation sites (N-methyl/N-ethyl adjacent to an activating group) is 1. The molecular weight excluding hydrogens is 212 g/mol. The van der Waals surface area contributed by atoms with E-state index < -0.39 is 0 Å². The highest BCUT2D eigenvalue weighted by Crippen LogP contribution is 2.53. The van der Waals surface area contributed by atoms with Gasteiger partial charge in [0.2, 0.25) is 0 Å². The normalized spacial score (nSPS) is 22.3. The van der Waals surface area contributed by atoms with Gasteiger partial charge in [-0.15, -0.1) is 0 Å². The Balaban J connectivity index is 1.91. The van der Waals surface area contributed by atoms with Crippen molar-refractivity contribution in [3.8, 4) is 5.75 Å². The van der Waals surface area contributed by atoms with Crippen LogP contribution in [0.2, 0.25) is 0 Å². The van der Waals surface area contributed by atoms with Crippen molar-refractivity contribution >= 4 is 0 Å². The molecular formula is C14H20N2O. The summed E-state index contributed by atoms with van der Waals surface area (Å²) in [5, 5.41) is 3.35. The number of benzene rings is 1. The summed E-state index contributed by atoms with van der Waals surface area (Å²) in [6.07, 6.45) is 2.50. The van der Waals surface area contributed by atoms with E-state index in [4.69, 9.17) is 4.74 Å². The highest BCUT2D eigenvalue weighted by atomic mass is 16.5. The Bertz CT molecular complexity index is 410. The average Bonchev–Trinajstić information content (AvgIpc) is 3.08. The van der Waals surface area contributed by atoms with E-state index >= 15 is 0 Å². The fourth-order valence-electron chi connectivity index (χ4n) is 2.86. The molecule has 0 spiro atoms. The smallest absolute Gasteiger partial charge is 0.123 e. The van der Waals surface area contributed by atoms with Crippen LogP contribution in [0.5, 0.6) is 5.75 Å². The van der Waals surface area contributed by atoms with Gasteiger partial charge in [0.05, 0.1) is 7.11 Å². The minimum Gasteiger partial charge on any atom is -0.496 e. The number of nitrogens with one attached hydrogen (secondary N) is 1. The molecule has 3 heteroatoms. The zero-order valence-electron chi connectivity index (χ0n) is 10.6. The molecule has 1 N–H and O–H groups in total. The Labute approximate surface area is 103 Å². The van der Waals surface area contributed by atoms with Crippen LogP contribution in [0, 0.1) is 0 Å². The van der Waals surface area contributed by atoms with E-state index in [0.29, 0.717) is 6.04 Å². The number of hydrogen-bond donors (Lipinski definition) is 1. The Morgan fingerprint density at radius 3 is 2.53 bits per heavy atom. The lowest BCUT2D eigenvalue weighted by atomic mass is 9.98. The summed E-state index contributed by atoms with van der Waals surface area (Å²) in [4.78, 5) is 2.54. The maximum atomic E-state index is 5.51. The van der Waals surface area contributed by atoms with Crippen molar-refractivity contribution in [1.82, 2.24) is 10.2 Å². The van der Waals surface area contributed by atoms with Gasteiger partial charge in [0.15, 0.2) is 0 Å². The van der Waals surface area contributed by atoms with Crippen molar-refractivity contribution in [2.24, 2.45) is 0 Å². The summed E-state index contributed by atoms with van der Waals surface area (Å²) in [6.45, 7) is 2.24. The van der Waals surface area contributed by atoms with Gasteiger partial charge in [-0.2, -0.15) is 0 Å². The summed E-state index contributed by atoms with van der Waals surface area (Å²) < 4.78 is 5.51. The molecule has 1 aliphatic carbocycles. The number of ether oxygens (including phenoxy) is 1. The second-order valence-electron chi connectivity index (χ2n) is 5.15. The maximum absolute atomic E-state index is 5.51. The van der Waals surface area contributed by atoms with Crippen molar-refractivity contribution < 1.29 is 4.74 Å². The van der Waals surface area contributed by atoms with Crippen LogP contribution >= 0.6 is 0 Å². The van der Waals surface area contributed by atoms with E-state index in [1.54, 1.807) is 7.11 Å². The minimum absolute atomic E-state index is 0.235.